The van der Waals surface area contributed by atoms with Crippen molar-refractivity contribution in [1.82, 2.24) is 0 Å². The van der Waals surface area contributed by atoms with Crippen LogP contribution in [0, 0.1) is 0 Å². The Balaban J connectivity index is 2.62. The molecule has 2 atom stereocenters. The first-order chi connectivity index (χ1) is 8.34. The fraction of sp³-hybridized carbons (Fsp3) is 0.625. The van der Waals surface area contributed by atoms with Crippen molar-refractivity contribution in [2.45, 2.75) is 58.7 Å². The molecule has 0 aliphatic carbocycles. The van der Waals surface area contributed by atoms with E-state index in [-0.39, 0.29) is 11.5 Å². The van der Waals surface area contributed by atoms with Crippen molar-refractivity contribution in [2.75, 3.05) is 6.61 Å². The summed E-state index contributed by atoms with van der Waals surface area (Å²) in [5.41, 5.74) is 2.35. The summed E-state index contributed by atoms with van der Waals surface area (Å²) in [5.74, 6) is 0. The normalized spacial score (nSPS) is 15.4. The molecule has 0 radical (unpaired) electrons. The zero-order chi connectivity index (χ0) is 13.8. The van der Waals surface area contributed by atoms with Crippen molar-refractivity contribution in [3.63, 3.8) is 0 Å². The molecule has 18 heavy (non-hydrogen) atoms. The van der Waals surface area contributed by atoms with Crippen molar-refractivity contribution in [3.05, 3.63) is 35.4 Å². The third-order valence-corrected chi connectivity index (χ3v) is 3.28. The molecule has 1 aromatic carbocycles. The molecule has 2 unspecified atom stereocenters. The van der Waals surface area contributed by atoms with E-state index in [4.69, 9.17) is 4.74 Å². The molecule has 0 amide bonds. The lowest BCUT2D eigenvalue weighted by molar-refractivity contribution is -0.00375. The molecule has 1 N–H and O–H groups in total. The van der Waals surface area contributed by atoms with Gasteiger partial charge in [-0.1, -0.05) is 52.0 Å². The van der Waals surface area contributed by atoms with Crippen molar-refractivity contribution < 1.29 is 9.84 Å². The van der Waals surface area contributed by atoms with E-state index >= 15 is 0 Å². The standard InChI is InChI=1S/C16H26O2/c1-6-12(2)18-11-15(17)13-7-9-14(10-8-13)16(3,4)5/h7-10,12,15,17H,6,11H2,1-5H3. The van der Waals surface area contributed by atoms with E-state index in [9.17, 15) is 5.11 Å². The molecule has 0 saturated carbocycles. The molecule has 2 heteroatoms. The van der Waals surface area contributed by atoms with E-state index in [1.807, 2.05) is 19.1 Å². The highest BCUT2D eigenvalue weighted by molar-refractivity contribution is 5.28. The fourth-order valence-corrected chi connectivity index (χ4v) is 1.67. The highest BCUT2D eigenvalue weighted by atomic mass is 16.5. The molecular weight excluding hydrogens is 224 g/mol. The van der Waals surface area contributed by atoms with Crippen molar-refractivity contribution >= 4 is 0 Å². The molecule has 2 nitrogen and oxygen atoms in total. The molecule has 0 spiro atoms. The molecule has 0 fully saturated rings. The first-order valence-electron chi connectivity index (χ1n) is 6.74. The predicted octanol–water partition coefficient (Wildman–Crippen LogP) is 3.83. The number of hydrogen-bond acceptors (Lipinski definition) is 2. The molecule has 0 aromatic heterocycles. The largest absolute Gasteiger partial charge is 0.386 e. The highest BCUT2D eigenvalue weighted by Crippen LogP contribution is 2.24. The maximum absolute atomic E-state index is 10.0. The van der Waals surface area contributed by atoms with Gasteiger partial charge in [-0.05, 0) is 29.9 Å². The second kappa shape index (κ2) is 6.35. The Morgan fingerprint density at radius 2 is 1.72 bits per heavy atom. The van der Waals surface area contributed by atoms with Crippen LogP contribution in [0.15, 0.2) is 24.3 Å². The van der Waals surface area contributed by atoms with E-state index in [1.54, 1.807) is 0 Å². The summed E-state index contributed by atoms with van der Waals surface area (Å²) in [6, 6.07) is 8.15. The molecule has 102 valence electrons. The van der Waals surface area contributed by atoms with E-state index in [0.717, 1.165) is 12.0 Å². The van der Waals surface area contributed by atoms with Crippen molar-refractivity contribution in [1.29, 1.82) is 0 Å². The van der Waals surface area contributed by atoms with Gasteiger partial charge in [-0.15, -0.1) is 0 Å². The average Bonchev–Trinajstić information content (AvgIpc) is 2.34. The zero-order valence-corrected chi connectivity index (χ0v) is 12.2. The molecule has 0 saturated heterocycles. The van der Waals surface area contributed by atoms with Gasteiger partial charge in [-0.3, -0.25) is 0 Å². The van der Waals surface area contributed by atoms with Gasteiger partial charge < -0.3 is 9.84 Å². The zero-order valence-electron chi connectivity index (χ0n) is 12.2. The summed E-state index contributed by atoms with van der Waals surface area (Å²) in [7, 11) is 0. The maximum Gasteiger partial charge on any atom is 0.102 e. The SMILES string of the molecule is CCC(C)OCC(O)c1ccc(C(C)(C)C)cc1. The Bertz CT molecular complexity index is 348. The Morgan fingerprint density at radius 1 is 1.17 bits per heavy atom. The summed E-state index contributed by atoms with van der Waals surface area (Å²) >= 11 is 0. The van der Waals surface area contributed by atoms with Gasteiger partial charge in [-0.2, -0.15) is 0 Å². The van der Waals surface area contributed by atoms with E-state index in [0.29, 0.717) is 6.61 Å². The van der Waals surface area contributed by atoms with Gasteiger partial charge in [0.05, 0.1) is 12.7 Å². The Kier molecular flexibility index (Phi) is 5.36. The Hall–Kier alpha value is -0.860. The van der Waals surface area contributed by atoms with Crippen LogP contribution >= 0.6 is 0 Å². The molecular formula is C16H26O2. The highest BCUT2D eigenvalue weighted by Gasteiger charge is 2.15. The van der Waals surface area contributed by atoms with Gasteiger partial charge in [0, 0.05) is 0 Å². The van der Waals surface area contributed by atoms with Crippen LogP contribution < -0.4 is 0 Å². The molecule has 0 heterocycles. The van der Waals surface area contributed by atoms with E-state index in [2.05, 4.69) is 39.8 Å². The number of aliphatic hydroxyl groups excluding tert-OH is 1. The second-order valence-electron chi connectivity index (χ2n) is 5.94. The predicted molar refractivity (Wildman–Crippen MR) is 75.8 cm³/mol. The molecule has 1 rings (SSSR count). The monoisotopic (exact) mass is 250 g/mol. The first-order valence-corrected chi connectivity index (χ1v) is 6.74. The number of hydrogen-bond donors (Lipinski definition) is 1. The number of rotatable bonds is 5. The van der Waals surface area contributed by atoms with Crippen molar-refractivity contribution in [2.24, 2.45) is 0 Å². The van der Waals surface area contributed by atoms with Gasteiger partial charge in [0.1, 0.15) is 6.10 Å². The molecule has 0 bridgehead atoms. The van der Waals surface area contributed by atoms with Crippen LogP contribution in [0.1, 0.15) is 58.3 Å². The topological polar surface area (TPSA) is 29.5 Å². The Morgan fingerprint density at radius 3 is 2.17 bits per heavy atom. The minimum absolute atomic E-state index is 0.150. The van der Waals surface area contributed by atoms with Crippen LogP contribution in [-0.2, 0) is 10.2 Å². The summed E-state index contributed by atoms with van der Waals surface area (Å²) in [5, 5.41) is 10.0. The third-order valence-electron chi connectivity index (χ3n) is 3.28. The van der Waals surface area contributed by atoms with Crippen LogP contribution in [0.3, 0.4) is 0 Å². The van der Waals surface area contributed by atoms with Gasteiger partial charge in [0.15, 0.2) is 0 Å². The smallest absolute Gasteiger partial charge is 0.102 e. The maximum atomic E-state index is 10.0. The van der Waals surface area contributed by atoms with E-state index in [1.165, 1.54) is 5.56 Å². The lowest BCUT2D eigenvalue weighted by atomic mass is 9.86. The molecule has 0 aliphatic rings. The minimum atomic E-state index is -0.534. The van der Waals surface area contributed by atoms with Crippen LogP contribution in [0.2, 0.25) is 0 Å². The first kappa shape index (κ1) is 15.2. The van der Waals surface area contributed by atoms with Gasteiger partial charge in [0.25, 0.3) is 0 Å². The number of aliphatic hydroxyl groups is 1. The lowest BCUT2D eigenvalue weighted by Crippen LogP contribution is -2.14. The molecule has 1 aromatic rings. The van der Waals surface area contributed by atoms with Crippen LogP contribution in [-0.4, -0.2) is 17.8 Å². The van der Waals surface area contributed by atoms with E-state index < -0.39 is 6.10 Å². The summed E-state index contributed by atoms with van der Waals surface area (Å²) in [6.45, 7) is 11.0. The minimum Gasteiger partial charge on any atom is -0.386 e. The van der Waals surface area contributed by atoms with Crippen LogP contribution in [0.4, 0.5) is 0 Å². The number of ether oxygens (including phenoxy) is 1. The lowest BCUT2D eigenvalue weighted by Gasteiger charge is -2.20. The second-order valence-corrected chi connectivity index (χ2v) is 5.94. The van der Waals surface area contributed by atoms with Gasteiger partial charge in [-0.25, -0.2) is 0 Å². The summed E-state index contributed by atoms with van der Waals surface area (Å²) < 4.78 is 5.55. The van der Waals surface area contributed by atoms with Gasteiger partial charge >= 0.3 is 0 Å². The third kappa shape index (κ3) is 4.43. The average molecular weight is 250 g/mol. The van der Waals surface area contributed by atoms with Crippen molar-refractivity contribution in [3.8, 4) is 0 Å². The fourth-order valence-electron chi connectivity index (χ4n) is 1.67. The summed E-state index contributed by atoms with van der Waals surface area (Å²) in [6.07, 6.45) is 0.636. The quantitative estimate of drug-likeness (QED) is 0.860. The van der Waals surface area contributed by atoms with Gasteiger partial charge in [0.2, 0.25) is 0 Å². The molecule has 0 aliphatic heterocycles. The Labute approximate surface area is 111 Å². The van der Waals surface area contributed by atoms with Crippen LogP contribution in [0.5, 0.6) is 0 Å². The van der Waals surface area contributed by atoms with Crippen LogP contribution in [0.25, 0.3) is 0 Å². The number of benzene rings is 1. The summed E-state index contributed by atoms with van der Waals surface area (Å²) in [4.78, 5) is 0.